The molecule has 5 rings (SSSR count). The van der Waals surface area contributed by atoms with Crippen molar-refractivity contribution in [2.45, 2.75) is 36.4 Å². The highest BCUT2D eigenvalue weighted by molar-refractivity contribution is 7.89. The average Bonchev–Trinajstić information content (AvgIpc) is 3.41. The highest BCUT2D eigenvalue weighted by Crippen LogP contribution is 2.38. The third-order valence-electron chi connectivity index (χ3n) is 7.43. The molecule has 0 saturated carbocycles. The van der Waals surface area contributed by atoms with E-state index in [9.17, 15) is 18.0 Å². The van der Waals surface area contributed by atoms with Crippen LogP contribution in [0.2, 0.25) is 0 Å². The second-order valence-corrected chi connectivity index (χ2v) is 11.6. The number of benzene rings is 3. The van der Waals surface area contributed by atoms with Gasteiger partial charge in [-0.1, -0.05) is 48.5 Å². The molecule has 39 heavy (non-hydrogen) atoms. The van der Waals surface area contributed by atoms with E-state index in [2.05, 4.69) is 5.48 Å². The van der Waals surface area contributed by atoms with Crippen molar-refractivity contribution < 1.29 is 27.6 Å². The predicted molar refractivity (Wildman–Crippen MR) is 144 cm³/mol. The first-order valence-electron chi connectivity index (χ1n) is 12.9. The Balaban J connectivity index is 1.37. The zero-order chi connectivity index (χ0) is 27.4. The number of sulfonamides is 1. The molecule has 2 saturated heterocycles. The maximum absolute atomic E-state index is 13.6. The van der Waals surface area contributed by atoms with Gasteiger partial charge in [-0.15, -0.1) is 0 Å². The summed E-state index contributed by atoms with van der Waals surface area (Å²) in [5.41, 5.74) is 3.85. The van der Waals surface area contributed by atoms with Gasteiger partial charge in [0.05, 0.1) is 18.6 Å². The molecule has 3 atom stereocenters. The molecule has 9 nitrogen and oxygen atoms in total. The van der Waals surface area contributed by atoms with Crippen molar-refractivity contribution in [3.8, 4) is 5.75 Å². The number of carbonyl (C=O) groups is 2. The summed E-state index contributed by atoms with van der Waals surface area (Å²) >= 11 is 0. The van der Waals surface area contributed by atoms with Crippen molar-refractivity contribution in [2.24, 2.45) is 5.92 Å². The number of carbonyl (C=O) groups excluding carboxylic acids is 2. The van der Waals surface area contributed by atoms with Crippen molar-refractivity contribution in [1.29, 1.82) is 0 Å². The largest absolute Gasteiger partial charge is 0.497 e. The number of nitrogens with one attached hydrogen (secondary N) is 1. The van der Waals surface area contributed by atoms with Crippen molar-refractivity contribution >= 4 is 21.8 Å². The standard InChI is InChI=1S/C29H31N3O6S/c1-37-24-12-14-25(15-13-24)39(35,36)32-17-16-23-18-26(28(33)30-38-20-21-8-4-2-5-9-21)31(19-27(23)32)29(34)22-10-6-3-7-11-22/h2-15,23,26-27H,16-20H2,1H3,(H,30,33)/t23-,26?,27-/m0/s1. The van der Waals surface area contributed by atoms with Gasteiger partial charge in [0.25, 0.3) is 11.8 Å². The molecule has 2 heterocycles. The van der Waals surface area contributed by atoms with Crippen LogP contribution >= 0.6 is 0 Å². The first-order chi connectivity index (χ1) is 18.9. The van der Waals surface area contributed by atoms with E-state index in [1.165, 1.54) is 28.4 Å². The average molecular weight is 550 g/mol. The van der Waals surface area contributed by atoms with Gasteiger partial charge in [0, 0.05) is 24.7 Å². The second kappa shape index (κ2) is 11.6. The van der Waals surface area contributed by atoms with Crippen LogP contribution in [0.25, 0.3) is 0 Å². The molecular formula is C29H31N3O6S. The van der Waals surface area contributed by atoms with Crippen LogP contribution in [0.1, 0.15) is 28.8 Å². The second-order valence-electron chi connectivity index (χ2n) is 9.72. The Morgan fingerprint density at radius 1 is 0.949 bits per heavy atom. The summed E-state index contributed by atoms with van der Waals surface area (Å²) in [5.74, 6) is -0.271. The maximum atomic E-state index is 13.6. The van der Waals surface area contributed by atoms with E-state index in [1.807, 2.05) is 36.4 Å². The fourth-order valence-electron chi connectivity index (χ4n) is 5.38. The molecule has 0 spiro atoms. The summed E-state index contributed by atoms with van der Waals surface area (Å²) in [4.78, 5) is 34.1. The topological polar surface area (TPSA) is 105 Å². The van der Waals surface area contributed by atoms with Gasteiger partial charge in [0.15, 0.2) is 0 Å². The zero-order valence-electron chi connectivity index (χ0n) is 21.6. The minimum atomic E-state index is -3.82. The molecule has 10 heteroatoms. The molecule has 2 aliphatic heterocycles. The summed E-state index contributed by atoms with van der Waals surface area (Å²) in [6.07, 6.45) is 0.931. The van der Waals surface area contributed by atoms with Gasteiger partial charge in [-0.05, 0) is 60.7 Å². The fraction of sp³-hybridized carbons (Fsp3) is 0.310. The Hall–Kier alpha value is -3.73. The molecule has 2 aliphatic rings. The number of hydrogen-bond acceptors (Lipinski definition) is 6. The number of piperidine rings is 1. The number of methoxy groups -OCH3 is 1. The Labute approximate surface area is 228 Å². The van der Waals surface area contributed by atoms with Gasteiger partial charge >= 0.3 is 0 Å². The van der Waals surface area contributed by atoms with Crippen LogP contribution in [0.4, 0.5) is 0 Å². The van der Waals surface area contributed by atoms with Crippen molar-refractivity contribution in [3.05, 3.63) is 96.1 Å². The van der Waals surface area contributed by atoms with Gasteiger partial charge in [-0.2, -0.15) is 4.31 Å². The van der Waals surface area contributed by atoms with E-state index in [-0.39, 0.29) is 29.9 Å². The van der Waals surface area contributed by atoms with Gasteiger partial charge in [0.2, 0.25) is 10.0 Å². The number of rotatable bonds is 8. The Kier molecular flexibility index (Phi) is 7.97. The highest BCUT2D eigenvalue weighted by atomic mass is 32.2. The SMILES string of the molecule is COc1ccc(S(=O)(=O)N2CC[C@H]3CC(C(=O)NOCc4ccccc4)N(C(=O)c4ccccc4)C[C@@H]32)cc1. The molecule has 0 aliphatic carbocycles. The number of fused-ring (bicyclic) bond motifs is 1. The van der Waals surface area contributed by atoms with E-state index in [0.29, 0.717) is 30.7 Å². The molecular weight excluding hydrogens is 518 g/mol. The predicted octanol–water partition coefficient (Wildman–Crippen LogP) is 3.24. The van der Waals surface area contributed by atoms with Crippen LogP contribution in [0.3, 0.4) is 0 Å². The van der Waals surface area contributed by atoms with E-state index in [1.54, 1.807) is 36.4 Å². The van der Waals surface area contributed by atoms with Gasteiger partial charge < -0.3 is 9.64 Å². The third kappa shape index (κ3) is 5.68. The lowest BCUT2D eigenvalue weighted by atomic mass is 9.86. The lowest BCUT2D eigenvalue weighted by Crippen LogP contribution is -2.59. The molecule has 1 unspecified atom stereocenters. The summed E-state index contributed by atoms with van der Waals surface area (Å²) in [5, 5.41) is 0. The molecule has 3 aromatic rings. The molecule has 204 valence electrons. The Morgan fingerprint density at radius 2 is 1.62 bits per heavy atom. The smallest absolute Gasteiger partial charge is 0.266 e. The van der Waals surface area contributed by atoms with Crippen LogP contribution in [-0.2, 0) is 26.3 Å². The molecule has 2 fully saturated rings. The summed E-state index contributed by atoms with van der Waals surface area (Å²) in [6, 6.07) is 23.2. The van der Waals surface area contributed by atoms with E-state index < -0.39 is 28.0 Å². The molecule has 1 N–H and O–H groups in total. The molecule has 3 aromatic carbocycles. The highest BCUT2D eigenvalue weighted by Gasteiger charge is 2.49. The van der Waals surface area contributed by atoms with E-state index >= 15 is 0 Å². The maximum Gasteiger partial charge on any atom is 0.266 e. The number of hydrogen-bond donors (Lipinski definition) is 1. The minimum Gasteiger partial charge on any atom is -0.497 e. The number of hydroxylamine groups is 1. The normalized spacial score (nSPS) is 21.3. The van der Waals surface area contributed by atoms with Crippen LogP contribution in [-0.4, -0.2) is 61.7 Å². The van der Waals surface area contributed by atoms with Crippen LogP contribution in [0.15, 0.2) is 89.8 Å². The van der Waals surface area contributed by atoms with Crippen LogP contribution in [0, 0.1) is 5.92 Å². The van der Waals surface area contributed by atoms with E-state index in [0.717, 1.165) is 5.56 Å². The first kappa shape index (κ1) is 26.9. The number of likely N-dealkylation sites (tertiary alicyclic amines) is 1. The number of amides is 2. The zero-order valence-corrected chi connectivity index (χ0v) is 22.4. The number of ether oxygens (including phenoxy) is 1. The van der Waals surface area contributed by atoms with Gasteiger partial charge in [-0.25, -0.2) is 13.9 Å². The molecule has 0 radical (unpaired) electrons. The van der Waals surface area contributed by atoms with Crippen molar-refractivity contribution in [1.82, 2.24) is 14.7 Å². The summed E-state index contributed by atoms with van der Waals surface area (Å²) in [7, 11) is -2.29. The quantitative estimate of drug-likeness (QED) is 0.433. The van der Waals surface area contributed by atoms with Crippen molar-refractivity contribution in [3.63, 3.8) is 0 Å². The van der Waals surface area contributed by atoms with Crippen molar-refractivity contribution in [2.75, 3.05) is 20.2 Å². The van der Waals surface area contributed by atoms with Crippen LogP contribution < -0.4 is 10.2 Å². The Bertz CT molecular complexity index is 1400. The fourth-order valence-corrected chi connectivity index (χ4v) is 7.07. The monoisotopic (exact) mass is 549 g/mol. The lowest BCUT2D eigenvalue weighted by molar-refractivity contribution is -0.141. The summed E-state index contributed by atoms with van der Waals surface area (Å²) in [6.45, 7) is 0.604. The minimum absolute atomic E-state index is 0.0808. The molecule has 0 aromatic heterocycles. The first-order valence-corrected chi connectivity index (χ1v) is 14.3. The van der Waals surface area contributed by atoms with Crippen LogP contribution in [0.5, 0.6) is 5.75 Å². The lowest BCUT2D eigenvalue weighted by Gasteiger charge is -2.42. The Morgan fingerprint density at radius 3 is 2.28 bits per heavy atom. The van der Waals surface area contributed by atoms with Gasteiger partial charge in [0.1, 0.15) is 11.8 Å². The molecule has 0 bridgehead atoms. The summed E-state index contributed by atoms with van der Waals surface area (Å²) < 4.78 is 33.9. The van der Waals surface area contributed by atoms with E-state index in [4.69, 9.17) is 9.57 Å². The number of nitrogens with zero attached hydrogens (tertiary/aromatic N) is 2. The van der Waals surface area contributed by atoms with Gasteiger partial charge in [-0.3, -0.25) is 14.4 Å². The third-order valence-corrected chi connectivity index (χ3v) is 9.36. The molecule has 2 amide bonds.